The molecule has 0 radical (unpaired) electrons. The summed E-state index contributed by atoms with van der Waals surface area (Å²) in [4.78, 5) is 32.1. The number of fused-ring (bicyclic) bond motifs is 5. The summed E-state index contributed by atoms with van der Waals surface area (Å²) in [5, 5.41) is 5.53. The van der Waals surface area contributed by atoms with Crippen LogP contribution in [0.1, 0.15) is 0 Å². The zero-order valence-corrected chi connectivity index (χ0v) is 19.6. The number of aromatic amines is 1. The van der Waals surface area contributed by atoms with Crippen LogP contribution in [-0.4, -0.2) is 56.9 Å². The summed E-state index contributed by atoms with van der Waals surface area (Å²) in [7, 11) is 1.96. The molecule has 2 aliphatic rings. The van der Waals surface area contributed by atoms with E-state index in [9.17, 15) is 4.79 Å². The fourth-order valence-electron chi connectivity index (χ4n) is 5.14. The molecule has 0 saturated carbocycles. The molecule has 7 rings (SSSR count). The molecule has 0 unspecified atom stereocenters. The van der Waals surface area contributed by atoms with Crippen LogP contribution in [0.2, 0.25) is 0 Å². The lowest BCUT2D eigenvalue weighted by Gasteiger charge is -2.40. The molecule has 1 saturated heterocycles. The Kier molecular flexibility index (Phi) is 4.68. The number of hydrogen-bond donors (Lipinski definition) is 2. The van der Waals surface area contributed by atoms with E-state index in [0.29, 0.717) is 42.6 Å². The van der Waals surface area contributed by atoms with Gasteiger partial charge >= 0.3 is 0 Å². The zero-order valence-electron chi connectivity index (χ0n) is 19.6. The monoisotopic (exact) mass is 481 g/mol. The second kappa shape index (κ2) is 8.06. The normalized spacial score (nSPS) is 17.0. The lowest BCUT2D eigenvalue weighted by Crippen LogP contribution is -2.51. The minimum Gasteiger partial charge on any atom is -0.474 e. The van der Waals surface area contributed by atoms with E-state index in [-0.39, 0.29) is 11.6 Å². The number of anilines is 3. The SMILES string of the molecule is Cn1ccc2c(-c3ncc(Nc4ccc5c(n4)OC[C@@H]4COCCN54)c4c(=O)[nH]ccc34)ccnc21. The first-order valence-corrected chi connectivity index (χ1v) is 11.8. The summed E-state index contributed by atoms with van der Waals surface area (Å²) in [6.07, 6.45) is 7.06. The maximum Gasteiger partial charge on any atom is 0.258 e. The van der Waals surface area contributed by atoms with Gasteiger partial charge in [-0.15, -0.1) is 0 Å². The number of morpholine rings is 1. The van der Waals surface area contributed by atoms with Gasteiger partial charge < -0.3 is 29.2 Å². The smallest absolute Gasteiger partial charge is 0.258 e. The molecule has 5 aromatic heterocycles. The van der Waals surface area contributed by atoms with E-state index in [1.807, 2.05) is 48.1 Å². The molecule has 0 bridgehead atoms. The lowest BCUT2D eigenvalue weighted by atomic mass is 10.0. The number of nitrogens with zero attached hydrogens (tertiary/aromatic N) is 5. The molecule has 2 aliphatic heterocycles. The van der Waals surface area contributed by atoms with Gasteiger partial charge in [-0.25, -0.2) is 4.98 Å². The highest BCUT2D eigenvalue weighted by atomic mass is 16.5. The first-order valence-electron chi connectivity index (χ1n) is 11.8. The summed E-state index contributed by atoms with van der Waals surface area (Å²) >= 11 is 0. The molecule has 36 heavy (non-hydrogen) atoms. The van der Waals surface area contributed by atoms with Gasteiger partial charge in [0.05, 0.1) is 42.2 Å². The summed E-state index contributed by atoms with van der Waals surface area (Å²) in [5.41, 5.74) is 3.82. The van der Waals surface area contributed by atoms with Crippen LogP contribution in [0.5, 0.6) is 5.88 Å². The van der Waals surface area contributed by atoms with Gasteiger partial charge in [-0.1, -0.05) is 0 Å². The third kappa shape index (κ3) is 3.22. The fraction of sp³-hybridized carbons (Fsp3) is 0.231. The number of pyridine rings is 4. The molecule has 10 nitrogen and oxygen atoms in total. The minimum absolute atomic E-state index is 0.204. The number of H-pyrrole nitrogens is 1. The highest BCUT2D eigenvalue weighted by Crippen LogP contribution is 2.37. The van der Waals surface area contributed by atoms with Crippen LogP contribution >= 0.6 is 0 Å². The van der Waals surface area contributed by atoms with E-state index in [1.54, 1.807) is 18.6 Å². The predicted molar refractivity (Wildman–Crippen MR) is 137 cm³/mol. The van der Waals surface area contributed by atoms with Crippen molar-refractivity contribution >= 4 is 39.0 Å². The third-order valence-corrected chi connectivity index (χ3v) is 6.88. The van der Waals surface area contributed by atoms with Crippen LogP contribution in [0.3, 0.4) is 0 Å². The van der Waals surface area contributed by atoms with Crippen LogP contribution in [0.15, 0.2) is 59.9 Å². The summed E-state index contributed by atoms with van der Waals surface area (Å²) < 4.78 is 13.5. The lowest BCUT2D eigenvalue weighted by molar-refractivity contribution is 0.0693. The Balaban J connectivity index is 1.31. The molecule has 0 amide bonds. The molecule has 5 aromatic rings. The molecule has 1 atom stereocenters. The highest BCUT2D eigenvalue weighted by Gasteiger charge is 2.31. The first kappa shape index (κ1) is 20.9. The molecular formula is C26H23N7O3. The maximum atomic E-state index is 13.0. The van der Waals surface area contributed by atoms with Crippen molar-refractivity contribution in [1.82, 2.24) is 24.5 Å². The van der Waals surface area contributed by atoms with E-state index < -0.39 is 0 Å². The Morgan fingerprint density at radius 2 is 2.06 bits per heavy atom. The van der Waals surface area contributed by atoms with Crippen LogP contribution in [0.4, 0.5) is 17.2 Å². The van der Waals surface area contributed by atoms with Crippen LogP contribution in [0, 0.1) is 0 Å². The van der Waals surface area contributed by atoms with Gasteiger partial charge in [0.15, 0.2) is 0 Å². The fourth-order valence-corrected chi connectivity index (χ4v) is 5.14. The van der Waals surface area contributed by atoms with E-state index in [1.165, 1.54) is 0 Å². The van der Waals surface area contributed by atoms with Crippen molar-refractivity contribution in [3.63, 3.8) is 0 Å². The molecule has 0 aromatic carbocycles. The summed E-state index contributed by atoms with van der Waals surface area (Å²) in [6.45, 7) is 2.68. The summed E-state index contributed by atoms with van der Waals surface area (Å²) in [5.74, 6) is 1.15. The van der Waals surface area contributed by atoms with Crippen LogP contribution < -0.4 is 20.5 Å². The molecule has 180 valence electrons. The Morgan fingerprint density at radius 1 is 1.11 bits per heavy atom. The molecule has 2 N–H and O–H groups in total. The molecule has 0 spiro atoms. The van der Waals surface area contributed by atoms with Crippen LogP contribution in [0.25, 0.3) is 33.1 Å². The summed E-state index contributed by atoms with van der Waals surface area (Å²) in [6, 6.07) is 9.92. The highest BCUT2D eigenvalue weighted by molar-refractivity contribution is 6.06. The van der Waals surface area contributed by atoms with Gasteiger partial charge in [0.2, 0.25) is 5.88 Å². The first-order chi connectivity index (χ1) is 17.7. The molecule has 1 fully saturated rings. The largest absolute Gasteiger partial charge is 0.474 e. The standard InChI is InChI=1S/C26H23N7O3/c1-32-9-6-17-16(4-7-27-24(17)32)23-18-5-8-28-25(34)22(18)19(12-29-23)30-21-3-2-20-26(31-21)36-14-15-13-35-11-10-33(15)20/h2-9,12,15H,10-11,13-14H2,1H3,(H,28,34)(H,30,31)/t15-/m0/s1. The van der Waals surface area contributed by atoms with E-state index in [4.69, 9.17) is 19.4 Å². The number of ether oxygens (including phenoxy) is 2. The van der Waals surface area contributed by atoms with Crippen molar-refractivity contribution in [1.29, 1.82) is 0 Å². The van der Waals surface area contributed by atoms with Gasteiger partial charge in [-0.2, -0.15) is 4.98 Å². The van der Waals surface area contributed by atoms with Crippen molar-refractivity contribution < 1.29 is 9.47 Å². The molecule has 0 aliphatic carbocycles. The van der Waals surface area contributed by atoms with Gasteiger partial charge in [0.1, 0.15) is 23.8 Å². The van der Waals surface area contributed by atoms with Gasteiger partial charge in [-0.3, -0.25) is 9.78 Å². The van der Waals surface area contributed by atoms with E-state index in [2.05, 4.69) is 20.2 Å². The maximum absolute atomic E-state index is 13.0. The van der Waals surface area contributed by atoms with Crippen molar-refractivity contribution in [2.75, 3.05) is 36.6 Å². The third-order valence-electron chi connectivity index (χ3n) is 6.88. The zero-order chi connectivity index (χ0) is 24.2. The Labute approximate surface area is 205 Å². The second-order valence-electron chi connectivity index (χ2n) is 9.02. The molecule has 7 heterocycles. The van der Waals surface area contributed by atoms with E-state index >= 15 is 0 Å². The average Bonchev–Trinajstić information content (AvgIpc) is 3.29. The minimum atomic E-state index is -0.206. The number of nitrogens with one attached hydrogen (secondary N) is 2. The number of aryl methyl sites for hydroxylation is 1. The van der Waals surface area contributed by atoms with Crippen molar-refractivity contribution in [3.05, 3.63) is 65.5 Å². The quantitative estimate of drug-likeness (QED) is 0.404. The van der Waals surface area contributed by atoms with E-state index in [0.717, 1.165) is 39.9 Å². The van der Waals surface area contributed by atoms with Crippen molar-refractivity contribution in [2.24, 2.45) is 7.05 Å². The van der Waals surface area contributed by atoms with Crippen LogP contribution in [-0.2, 0) is 11.8 Å². The second-order valence-corrected chi connectivity index (χ2v) is 9.02. The van der Waals surface area contributed by atoms with Gasteiger partial charge in [0, 0.05) is 48.5 Å². The number of hydrogen-bond acceptors (Lipinski definition) is 8. The Bertz CT molecular complexity index is 1690. The predicted octanol–water partition coefficient (Wildman–Crippen LogP) is 3.21. The number of aromatic nitrogens is 5. The molecule has 10 heteroatoms. The Morgan fingerprint density at radius 3 is 3.00 bits per heavy atom. The van der Waals surface area contributed by atoms with Gasteiger partial charge in [-0.05, 0) is 30.3 Å². The topological polar surface area (TPSA) is 110 Å². The van der Waals surface area contributed by atoms with Crippen molar-refractivity contribution in [3.8, 4) is 17.1 Å². The Hall–Kier alpha value is -4.44. The van der Waals surface area contributed by atoms with Gasteiger partial charge in [0.25, 0.3) is 5.56 Å². The molecular weight excluding hydrogens is 458 g/mol. The average molecular weight is 482 g/mol. The number of rotatable bonds is 3. The van der Waals surface area contributed by atoms with Crippen molar-refractivity contribution in [2.45, 2.75) is 6.04 Å².